The highest BCUT2D eigenvalue weighted by Crippen LogP contribution is 2.32. The topological polar surface area (TPSA) is 29.9 Å². The van der Waals surface area contributed by atoms with Gasteiger partial charge in [-0.05, 0) is 43.4 Å². The molecule has 3 nitrogen and oxygen atoms in total. The molecule has 0 amide bonds. The Bertz CT molecular complexity index is 573. The second-order valence-electron chi connectivity index (χ2n) is 6.03. The molecule has 0 fully saturated rings. The molecule has 21 heavy (non-hydrogen) atoms. The van der Waals surface area contributed by atoms with Crippen molar-refractivity contribution in [1.82, 2.24) is 14.9 Å². The zero-order valence-corrected chi connectivity index (χ0v) is 12.9. The van der Waals surface area contributed by atoms with Crippen LogP contribution in [0.1, 0.15) is 48.9 Å². The Kier molecular flexibility index (Phi) is 4.71. The Morgan fingerprint density at radius 3 is 3.14 bits per heavy atom. The number of aryl methyl sites for hydroxylation is 1. The molecule has 1 aliphatic rings. The van der Waals surface area contributed by atoms with Crippen LogP contribution < -0.4 is 5.32 Å². The minimum absolute atomic E-state index is 0.639. The van der Waals surface area contributed by atoms with Crippen molar-refractivity contribution in [2.24, 2.45) is 0 Å². The normalized spacial score (nSPS) is 17.7. The van der Waals surface area contributed by atoms with Crippen molar-refractivity contribution in [1.29, 1.82) is 0 Å². The van der Waals surface area contributed by atoms with Crippen LogP contribution in [-0.2, 0) is 19.5 Å². The Balaban J connectivity index is 1.65. The summed E-state index contributed by atoms with van der Waals surface area (Å²) in [6.07, 6.45) is 9.18. The number of fused-ring (bicyclic) bond motifs is 1. The largest absolute Gasteiger partial charge is 0.337 e. The maximum Gasteiger partial charge on any atom is 0.0950 e. The van der Waals surface area contributed by atoms with E-state index in [9.17, 15) is 0 Å². The highest BCUT2D eigenvalue weighted by atomic mass is 15.0. The highest BCUT2D eigenvalue weighted by molar-refractivity contribution is 5.32. The maximum absolute atomic E-state index is 4.51. The van der Waals surface area contributed by atoms with Gasteiger partial charge in [-0.3, -0.25) is 0 Å². The van der Waals surface area contributed by atoms with Crippen molar-refractivity contribution in [2.75, 3.05) is 6.54 Å². The van der Waals surface area contributed by atoms with Crippen LogP contribution in [0.3, 0.4) is 0 Å². The minimum Gasteiger partial charge on any atom is -0.337 e. The Morgan fingerprint density at radius 2 is 2.24 bits per heavy atom. The molecule has 1 N–H and O–H groups in total. The van der Waals surface area contributed by atoms with E-state index in [4.69, 9.17) is 0 Å². The number of nitrogens with zero attached hydrogens (tertiary/aromatic N) is 2. The summed E-state index contributed by atoms with van der Waals surface area (Å²) < 4.78 is 2.26. The summed E-state index contributed by atoms with van der Waals surface area (Å²) in [4.78, 5) is 4.51. The van der Waals surface area contributed by atoms with E-state index in [-0.39, 0.29) is 0 Å². The molecule has 112 valence electrons. The van der Waals surface area contributed by atoms with Crippen LogP contribution >= 0.6 is 0 Å². The second-order valence-corrected chi connectivity index (χ2v) is 6.03. The standard InChI is InChI=1S/C18H25N3/c1-2-10-19-11-17-13-21(14-20-17)12-16-8-5-7-15-6-3-4-9-18(15)16/h3-4,6,9,13-14,16,19H,2,5,7-8,10-12H2,1H3. The monoisotopic (exact) mass is 283 g/mol. The van der Waals surface area contributed by atoms with Gasteiger partial charge in [0.05, 0.1) is 12.0 Å². The minimum atomic E-state index is 0.639. The number of hydrogen-bond donors (Lipinski definition) is 1. The quantitative estimate of drug-likeness (QED) is 0.822. The lowest BCUT2D eigenvalue weighted by Crippen LogP contribution is -2.15. The molecule has 3 rings (SSSR count). The molecule has 0 aliphatic heterocycles. The zero-order valence-electron chi connectivity index (χ0n) is 12.9. The molecular formula is C18H25N3. The maximum atomic E-state index is 4.51. The predicted molar refractivity (Wildman–Crippen MR) is 86.3 cm³/mol. The first kappa shape index (κ1) is 14.3. The number of imidazole rings is 1. The molecule has 2 aromatic rings. The average Bonchev–Trinajstić information content (AvgIpc) is 2.96. The molecule has 1 aromatic heterocycles. The van der Waals surface area contributed by atoms with Crippen molar-refractivity contribution in [3.63, 3.8) is 0 Å². The molecule has 0 spiro atoms. The van der Waals surface area contributed by atoms with E-state index in [1.54, 1.807) is 11.1 Å². The summed E-state index contributed by atoms with van der Waals surface area (Å²) in [5.74, 6) is 0.639. The van der Waals surface area contributed by atoms with E-state index in [0.717, 1.165) is 25.3 Å². The molecule has 0 saturated carbocycles. The fourth-order valence-electron chi connectivity index (χ4n) is 3.29. The molecule has 1 aromatic carbocycles. The number of hydrogen-bond acceptors (Lipinski definition) is 2. The van der Waals surface area contributed by atoms with Crippen LogP contribution in [0.5, 0.6) is 0 Å². The number of benzene rings is 1. The molecule has 0 bridgehead atoms. The molecule has 1 atom stereocenters. The smallest absolute Gasteiger partial charge is 0.0950 e. The summed E-state index contributed by atoms with van der Waals surface area (Å²) in [6, 6.07) is 8.93. The molecule has 1 unspecified atom stereocenters. The van der Waals surface area contributed by atoms with Gasteiger partial charge in [-0.1, -0.05) is 31.2 Å². The van der Waals surface area contributed by atoms with Gasteiger partial charge >= 0.3 is 0 Å². The van der Waals surface area contributed by atoms with Gasteiger partial charge in [0.2, 0.25) is 0 Å². The van der Waals surface area contributed by atoms with E-state index in [0.29, 0.717) is 5.92 Å². The number of rotatable bonds is 6. The summed E-state index contributed by atoms with van der Waals surface area (Å²) in [6.45, 7) is 5.18. The van der Waals surface area contributed by atoms with Crippen LogP contribution in [-0.4, -0.2) is 16.1 Å². The van der Waals surface area contributed by atoms with Crippen LogP contribution in [0.4, 0.5) is 0 Å². The molecule has 1 aliphatic carbocycles. The van der Waals surface area contributed by atoms with Crippen molar-refractivity contribution < 1.29 is 0 Å². The third-order valence-electron chi connectivity index (χ3n) is 4.34. The summed E-state index contributed by atoms with van der Waals surface area (Å²) in [7, 11) is 0. The average molecular weight is 283 g/mol. The first-order valence-electron chi connectivity index (χ1n) is 8.16. The second kappa shape index (κ2) is 6.90. The van der Waals surface area contributed by atoms with Gasteiger partial charge in [0, 0.05) is 25.2 Å². The Hall–Kier alpha value is -1.61. The van der Waals surface area contributed by atoms with E-state index in [1.165, 1.54) is 25.7 Å². The van der Waals surface area contributed by atoms with Crippen LogP contribution in [0, 0.1) is 0 Å². The lowest BCUT2D eigenvalue weighted by molar-refractivity contribution is 0.483. The van der Waals surface area contributed by atoms with Gasteiger partial charge in [0.15, 0.2) is 0 Å². The van der Waals surface area contributed by atoms with E-state index in [1.807, 2.05) is 6.33 Å². The van der Waals surface area contributed by atoms with Crippen molar-refractivity contribution in [2.45, 2.75) is 51.6 Å². The Morgan fingerprint density at radius 1 is 1.33 bits per heavy atom. The predicted octanol–water partition coefficient (Wildman–Crippen LogP) is 3.50. The SMILES string of the molecule is CCCNCc1cn(CC2CCCc3ccccc32)cn1. The molecular weight excluding hydrogens is 258 g/mol. The zero-order chi connectivity index (χ0) is 14.5. The van der Waals surface area contributed by atoms with E-state index < -0.39 is 0 Å². The first-order chi connectivity index (χ1) is 10.4. The summed E-state index contributed by atoms with van der Waals surface area (Å²) in [5, 5.41) is 3.41. The number of nitrogens with one attached hydrogen (secondary N) is 1. The van der Waals surface area contributed by atoms with E-state index in [2.05, 4.69) is 52.3 Å². The van der Waals surface area contributed by atoms with Gasteiger partial charge in [0.1, 0.15) is 0 Å². The van der Waals surface area contributed by atoms with Gasteiger partial charge in [-0.15, -0.1) is 0 Å². The lowest BCUT2D eigenvalue weighted by Gasteiger charge is -2.25. The van der Waals surface area contributed by atoms with Crippen molar-refractivity contribution in [3.8, 4) is 0 Å². The molecule has 1 heterocycles. The lowest BCUT2D eigenvalue weighted by atomic mass is 9.83. The van der Waals surface area contributed by atoms with Gasteiger partial charge in [-0.25, -0.2) is 4.98 Å². The van der Waals surface area contributed by atoms with E-state index >= 15 is 0 Å². The Labute approximate surface area is 127 Å². The van der Waals surface area contributed by atoms with Gasteiger partial charge < -0.3 is 9.88 Å². The third kappa shape index (κ3) is 3.53. The van der Waals surface area contributed by atoms with Crippen LogP contribution in [0.15, 0.2) is 36.8 Å². The van der Waals surface area contributed by atoms with Crippen molar-refractivity contribution in [3.05, 3.63) is 53.6 Å². The number of aromatic nitrogens is 2. The highest BCUT2D eigenvalue weighted by Gasteiger charge is 2.20. The third-order valence-corrected chi connectivity index (χ3v) is 4.34. The fraction of sp³-hybridized carbons (Fsp3) is 0.500. The summed E-state index contributed by atoms with van der Waals surface area (Å²) in [5.41, 5.74) is 4.23. The van der Waals surface area contributed by atoms with Crippen LogP contribution in [0.25, 0.3) is 0 Å². The fourth-order valence-corrected chi connectivity index (χ4v) is 3.29. The molecule has 3 heteroatoms. The molecule has 0 saturated heterocycles. The van der Waals surface area contributed by atoms with Gasteiger partial charge in [-0.2, -0.15) is 0 Å². The van der Waals surface area contributed by atoms with Crippen LogP contribution in [0.2, 0.25) is 0 Å². The first-order valence-corrected chi connectivity index (χ1v) is 8.16. The van der Waals surface area contributed by atoms with Gasteiger partial charge in [0.25, 0.3) is 0 Å². The molecule has 0 radical (unpaired) electrons. The van der Waals surface area contributed by atoms with Crippen molar-refractivity contribution >= 4 is 0 Å². The summed E-state index contributed by atoms with van der Waals surface area (Å²) >= 11 is 0.